The van der Waals surface area contributed by atoms with E-state index in [-0.39, 0.29) is 34.4 Å². The first kappa shape index (κ1) is 15.0. The van der Waals surface area contributed by atoms with Crippen molar-refractivity contribution < 1.29 is 13.2 Å². The Balaban J connectivity index is 1.70. The fourth-order valence-electron chi connectivity index (χ4n) is 6.11. The van der Waals surface area contributed by atoms with Crippen LogP contribution in [0.2, 0.25) is 0 Å². The van der Waals surface area contributed by atoms with E-state index in [1.54, 1.807) is 0 Å². The number of rotatable bonds is 1. The molecule has 4 fully saturated rings. The molecular formula is C17H27NO3S. The summed E-state index contributed by atoms with van der Waals surface area (Å²) in [4.78, 5) is 13.0. The zero-order valence-corrected chi connectivity index (χ0v) is 14.5. The monoisotopic (exact) mass is 325 g/mol. The van der Waals surface area contributed by atoms with Gasteiger partial charge in [-0.25, -0.2) is 12.7 Å². The summed E-state index contributed by atoms with van der Waals surface area (Å²) in [5, 5.41) is 0. The zero-order chi connectivity index (χ0) is 15.8. The molecule has 0 aromatic heterocycles. The second-order valence-electron chi connectivity index (χ2n) is 8.59. The van der Waals surface area contributed by atoms with Gasteiger partial charge in [0.15, 0.2) is 0 Å². The Morgan fingerprint density at radius 1 is 1.09 bits per heavy atom. The average molecular weight is 325 g/mol. The van der Waals surface area contributed by atoms with Crippen LogP contribution in [0.15, 0.2) is 0 Å². The lowest BCUT2D eigenvalue weighted by atomic mass is 9.69. The van der Waals surface area contributed by atoms with Crippen molar-refractivity contribution in [3.63, 3.8) is 0 Å². The van der Waals surface area contributed by atoms with Crippen LogP contribution in [0.1, 0.15) is 65.2 Å². The third kappa shape index (κ3) is 1.69. The maximum Gasteiger partial charge on any atom is 0.239 e. The van der Waals surface area contributed by atoms with E-state index in [1.807, 2.05) is 0 Å². The summed E-state index contributed by atoms with van der Waals surface area (Å²) >= 11 is 0. The molecule has 1 amide bonds. The molecule has 3 atom stereocenters. The number of sulfonamides is 1. The molecule has 3 saturated carbocycles. The number of carbonyl (C=O) groups excluding carboxylic acids is 1. The van der Waals surface area contributed by atoms with Crippen LogP contribution < -0.4 is 0 Å². The first-order valence-electron chi connectivity index (χ1n) is 8.85. The molecule has 0 N–H and O–H groups in total. The van der Waals surface area contributed by atoms with Gasteiger partial charge in [-0.15, -0.1) is 0 Å². The Labute approximate surface area is 133 Å². The van der Waals surface area contributed by atoms with Crippen molar-refractivity contribution in [3.8, 4) is 0 Å². The molecule has 1 spiro atoms. The second-order valence-corrected chi connectivity index (χ2v) is 10.4. The van der Waals surface area contributed by atoms with Gasteiger partial charge in [-0.1, -0.05) is 33.1 Å². The molecule has 4 rings (SSSR count). The Morgan fingerprint density at radius 3 is 2.41 bits per heavy atom. The summed E-state index contributed by atoms with van der Waals surface area (Å²) in [6, 6.07) is -0.0549. The van der Waals surface area contributed by atoms with Gasteiger partial charge in [-0.3, -0.25) is 4.79 Å². The zero-order valence-electron chi connectivity index (χ0n) is 13.7. The molecule has 22 heavy (non-hydrogen) atoms. The molecule has 0 unspecified atom stereocenters. The standard InChI is InChI=1S/C17H27NO3S/c1-16(2)13-8-9-17(16)11-22(20,21)18(14(17)10-13)15(19)12-6-4-3-5-7-12/h12-14H,3-11H2,1-2H3/t13-,14-,17-/m1/s1. The van der Waals surface area contributed by atoms with Gasteiger partial charge in [0.1, 0.15) is 0 Å². The fourth-order valence-corrected chi connectivity index (χ4v) is 8.71. The molecule has 0 radical (unpaired) electrons. The molecule has 5 heteroatoms. The van der Waals surface area contributed by atoms with Crippen LogP contribution in [-0.2, 0) is 14.8 Å². The molecule has 1 saturated heterocycles. The normalized spacial score (nSPS) is 42.5. The molecule has 2 bridgehead atoms. The van der Waals surface area contributed by atoms with Crippen LogP contribution in [0.4, 0.5) is 0 Å². The molecule has 1 aliphatic heterocycles. The lowest BCUT2D eigenvalue weighted by Gasteiger charge is -2.37. The molecular weight excluding hydrogens is 298 g/mol. The summed E-state index contributed by atoms with van der Waals surface area (Å²) in [7, 11) is -3.43. The van der Waals surface area contributed by atoms with Crippen LogP contribution in [0, 0.1) is 22.7 Å². The topological polar surface area (TPSA) is 54.5 Å². The van der Waals surface area contributed by atoms with Crippen molar-refractivity contribution in [1.82, 2.24) is 4.31 Å². The first-order chi connectivity index (χ1) is 10.3. The SMILES string of the molecule is CC1(C)[C@@H]2CC[C@]13CS(=O)(=O)N(C(=O)C1CCCCC1)[C@@H]3C2. The Hall–Kier alpha value is -0.580. The van der Waals surface area contributed by atoms with Gasteiger partial charge in [-0.2, -0.15) is 0 Å². The lowest BCUT2D eigenvalue weighted by Crippen LogP contribution is -2.46. The third-order valence-electron chi connectivity index (χ3n) is 7.58. The van der Waals surface area contributed by atoms with E-state index in [2.05, 4.69) is 13.8 Å². The van der Waals surface area contributed by atoms with Crippen molar-refractivity contribution in [2.24, 2.45) is 22.7 Å². The number of fused-ring (bicyclic) bond motifs is 1. The minimum Gasteiger partial charge on any atom is -0.273 e. The van der Waals surface area contributed by atoms with Gasteiger partial charge in [0.2, 0.25) is 15.9 Å². The molecule has 3 aliphatic carbocycles. The maximum atomic E-state index is 13.0. The highest BCUT2D eigenvalue weighted by Gasteiger charge is 2.72. The summed E-state index contributed by atoms with van der Waals surface area (Å²) in [6.45, 7) is 4.46. The number of amides is 1. The fraction of sp³-hybridized carbons (Fsp3) is 0.941. The highest BCUT2D eigenvalue weighted by molar-refractivity contribution is 7.90. The predicted molar refractivity (Wildman–Crippen MR) is 84.6 cm³/mol. The van der Waals surface area contributed by atoms with E-state index in [0.717, 1.165) is 44.9 Å². The van der Waals surface area contributed by atoms with Gasteiger partial charge < -0.3 is 0 Å². The van der Waals surface area contributed by atoms with Crippen LogP contribution in [0.25, 0.3) is 0 Å². The van der Waals surface area contributed by atoms with Gasteiger partial charge in [-0.05, 0) is 43.4 Å². The summed E-state index contributed by atoms with van der Waals surface area (Å²) in [5.41, 5.74) is -0.132. The highest BCUT2D eigenvalue weighted by atomic mass is 32.2. The van der Waals surface area contributed by atoms with Crippen molar-refractivity contribution in [3.05, 3.63) is 0 Å². The molecule has 0 aromatic carbocycles. The molecule has 4 aliphatic rings. The number of nitrogens with zero attached hydrogens (tertiary/aromatic N) is 1. The maximum absolute atomic E-state index is 13.0. The van der Waals surface area contributed by atoms with Gasteiger partial charge in [0.25, 0.3) is 0 Å². The van der Waals surface area contributed by atoms with E-state index < -0.39 is 10.0 Å². The quantitative estimate of drug-likeness (QED) is 0.745. The summed E-state index contributed by atoms with van der Waals surface area (Å²) in [5.74, 6) is 0.646. The predicted octanol–water partition coefficient (Wildman–Crippen LogP) is 2.93. The van der Waals surface area contributed by atoms with Crippen molar-refractivity contribution in [2.45, 2.75) is 71.3 Å². The molecule has 124 valence electrons. The lowest BCUT2D eigenvalue weighted by molar-refractivity contribution is -0.134. The molecule has 4 nitrogen and oxygen atoms in total. The van der Waals surface area contributed by atoms with E-state index in [4.69, 9.17) is 0 Å². The smallest absolute Gasteiger partial charge is 0.239 e. The van der Waals surface area contributed by atoms with Gasteiger partial charge in [0.05, 0.1) is 11.8 Å². The summed E-state index contributed by atoms with van der Waals surface area (Å²) < 4.78 is 27.0. The van der Waals surface area contributed by atoms with Crippen molar-refractivity contribution >= 4 is 15.9 Å². The minimum atomic E-state index is -3.43. The number of hydrogen-bond donors (Lipinski definition) is 0. The minimum absolute atomic E-state index is 0.0479. The van der Waals surface area contributed by atoms with Crippen LogP contribution in [0.3, 0.4) is 0 Å². The van der Waals surface area contributed by atoms with Gasteiger partial charge >= 0.3 is 0 Å². The van der Waals surface area contributed by atoms with E-state index >= 15 is 0 Å². The van der Waals surface area contributed by atoms with Crippen LogP contribution in [-0.4, -0.2) is 30.4 Å². The third-order valence-corrected chi connectivity index (χ3v) is 9.50. The van der Waals surface area contributed by atoms with Crippen molar-refractivity contribution in [2.75, 3.05) is 5.75 Å². The Bertz CT molecular complexity index is 605. The van der Waals surface area contributed by atoms with Gasteiger partial charge in [0, 0.05) is 11.3 Å². The first-order valence-corrected chi connectivity index (χ1v) is 10.5. The largest absolute Gasteiger partial charge is 0.273 e. The molecule has 1 heterocycles. The van der Waals surface area contributed by atoms with E-state index in [0.29, 0.717) is 5.92 Å². The van der Waals surface area contributed by atoms with E-state index in [1.165, 1.54) is 10.7 Å². The Morgan fingerprint density at radius 2 is 1.77 bits per heavy atom. The second kappa shape index (κ2) is 4.49. The molecule has 0 aromatic rings. The highest BCUT2D eigenvalue weighted by Crippen LogP contribution is 2.70. The van der Waals surface area contributed by atoms with Crippen molar-refractivity contribution in [1.29, 1.82) is 0 Å². The number of hydrogen-bond acceptors (Lipinski definition) is 3. The summed E-state index contributed by atoms with van der Waals surface area (Å²) in [6.07, 6.45) is 8.05. The van der Waals surface area contributed by atoms with E-state index in [9.17, 15) is 13.2 Å². The number of carbonyl (C=O) groups is 1. The average Bonchev–Trinajstić information content (AvgIpc) is 2.94. The Kier molecular flexibility index (Phi) is 3.06. The van der Waals surface area contributed by atoms with Crippen LogP contribution in [0.5, 0.6) is 0 Å². The van der Waals surface area contributed by atoms with Crippen LogP contribution >= 0.6 is 0 Å².